The van der Waals surface area contributed by atoms with Crippen molar-refractivity contribution in [3.05, 3.63) is 47.2 Å². The fourth-order valence-electron chi connectivity index (χ4n) is 2.82. The Morgan fingerprint density at radius 1 is 1.26 bits per heavy atom. The summed E-state index contributed by atoms with van der Waals surface area (Å²) in [6, 6.07) is 0. The predicted octanol–water partition coefficient (Wildman–Crippen LogP) is 0.894. The highest BCUT2D eigenvalue weighted by molar-refractivity contribution is 7.95. The molecule has 7 nitrogen and oxygen atoms in total. The maximum atomic E-state index is 12.6. The van der Waals surface area contributed by atoms with Gasteiger partial charge in [0.15, 0.2) is 9.84 Å². The summed E-state index contributed by atoms with van der Waals surface area (Å²) in [4.78, 5) is 14.4. The monoisotopic (exact) mass is 335 g/mol. The molecule has 3 rings (SSSR count). The first-order chi connectivity index (χ1) is 11.0. The van der Waals surface area contributed by atoms with Gasteiger partial charge in [-0.1, -0.05) is 25.3 Å². The van der Waals surface area contributed by atoms with Crippen LogP contribution in [0.15, 0.2) is 30.2 Å². The van der Waals surface area contributed by atoms with Crippen molar-refractivity contribution in [1.29, 1.82) is 0 Å². The van der Waals surface area contributed by atoms with Gasteiger partial charge in [0.2, 0.25) is 0 Å². The Balaban J connectivity index is 2.08. The van der Waals surface area contributed by atoms with Crippen LogP contribution < -0.4 is 0 Å². The third kappa shape index (κ3) is 2.53. The number of ether oxygens (including phenoxy) is 1. The highest BCUT2D eigenvalue weighted by Crippen LogP contribution is 2.35. The van der Waals surface area contributed by atoms with Gasteiger partial charge in [-0.15, -0.1) is 0 Å². The first kappa shape index (κ1) is 15.7. The fourth-order valence-corrected chi connectivity index (χ4v) is 4.40. The predicted molar refractivity (Wildman–Crippen MR) is 85.2 cm³/mol. The molecule has 0 aliphatic carbocycles. The standard InChI is InChI=1S/C15H17N3O4S/c1-3-10-12(4-2)23(20,21)9-11-13(10)16-17-14(11)15(19)18-5-7-22-8-6-18/h3-4H,1-2,5-9H2,(H,16,17). The highest BCUT2D eigenvalue weighted by atomic mass is 32.2. The van der Waals surface area contributed by atoms with Gasteiger partial charge in [0, 0.05) is 24.2 Å². The van der Waals surface area contributed by atoms with Crippen molar-refractivity contribution in [3.63, 3.8) is 0 Å². The molecule has 0 aromatic carbocycles. The second kappa shape index (κ2) is 5.78. The van der Waals surface area contributed by atoms with Crippen LogP contribution in [0.5, 0.6) is 0 Å². The van der Waals surface area contributed by atoms with Crippen LogP contribution in [0.1, 0.15) is 21.7 Å². The molecule has 3 heterocycles. The number of carbonyl (C=O) groups excluding carboxylic acids is 1. The van der Waals surface area contributed by atoms with E-state index >= 15 is 0 Å². The SMILES string of the molecule is C=CC1=C(C=C)S(=O)(=O)Cc2c1n[nH]c2C(=O)N1CCOCC1. The number of carbonyl (C=O) groups is 1. The van der Waals surface area contributed by atoms with Gasteiger partial charge in [-0.05, 0) is 0 Å². The molecule has 1 aromatic rings. The number of hydrogen-bond donors (Lipinski definition) is 1. The lowest BCUT2D eigenvalue weighted by Crippen LogP contribution is -2.41. The number of H-pyrrole nitrogens is 1. The zero-order chi connectivity index (χ0) is 16.6. The number of sulfone groups is 1. The Hall–Kier alpha value is -2.19. The number of aromatic amines is 1. The molecule has 0 saturated carbocycles. The van der Waals surface area contributed by atoms with Crippen LogP contribution in [0.25, 0.3) is 5.57 Å². The quantitative estimate of drug-likeness (QED) is 0.886. The molecule has 0 spiro atoms. The van der Waals surface area contributed by atoms with E-state index in [1.807, 2.05) is 0 Å². The second-order valence-corrected chi connectivity index (χ2v) is 7.23. The van der Waals surface area contributed by atoms with Crippen LogP contribution in [-0.4, -0.2) is 55.7 Å². The summed E-state index contributed by atoms with van der Waals surface area (Å²) in [5.74, 6) is -0.536. The number of nitrogens with zero attached hydrogens (tertiary/aromatic N) is 2. The van der Waals surface area contributed by atoms with E-state index in [1.54, 1.807) is 4.90 Å². The van der Waals surface area contributed by atoms with Gasteiger partial charge in [-0.2, -0.15) is 5.10 Å². The number of fused-ring (bicyclic) bond motifs is 1. The number of aromatic nitrogens is 2. The van der Waals surface area contributed by atoms with Gasteiger partial charge in [0.25, 0.3) is 5.91 Å². The third-order valence-electron chi connectivity index (χ3n) is 3.96. The molecule has 1 aromatic heterocycles. The summed E-state index contributed by atoms with van der Waals surface area (Å²) < 4.78 is 30.1. The van der Waals surface area contributed by atoms with Crippen LogP contribution in [0.2, 0.25) is 0 Å². The molecule has 0 radical (unpaired) electrons. The molecule has 1 N–H and O–H groups in total. The van der Waals surface area contributed by atoms with E-state index in [-0.39, 0.29) is 22.3 Å². The van der Waals surface area contributed by atoms with Gasteiger partial charge < -0.3 is 9.64 Å². The van der Waals surface area contributed by atoms with Crippen LogP contribution in [0.3, 0.4) is 0 Å². The average molecular weight is 335 g/mol. The Labute approximate surface area is 134 Å². The summed E-state index contributed by atoms with van der Waals surface area (Å²) in [5, 5.41) is 6.84. The van der Waals surface area contributed by atoms with E-state index in [0.717, 1.165) is 0 Å². The molecule has 0 bridgehead atoms. The lowest BCUT2D eigenvalue weighted by atomic mass is 10.1. The van der Waals surface area contributed by atoms with Gasteiger partial charge in [0.05, 0.1) is 29.6 Å². The maximum absolute atomic E-state index is 12.6. The molecule has 0 unspecified atom stereocenters. The van der Waals surface area contributed by atoms with Gasteiger partial charge >= 0.3 is 0 Å². The van der Waals surface area contributed by atoms with E-state index in [0.29, 0.717) is 43.1 Å². The smallest absolute Gasteiger partial charge is 0.272 e. The largest absolute Gasteiger partial charge is 0.378 e. The van der Waals surface area contributed by atoms with Crippen LogP contribution in [0, 0.1) is 0 Å². The number of hydrogen-bond acceptors (Lipinski definition) is 5. The molecule has 0 atom stereocenters. The average Bonchev–Trinajstić information content (AvgIpc) is 2.95. The maximum Gasteiger partial charge on any atom is 0.272 e. The minimum Gasteiger partial charge on any atom is -0.378 e. The van der Waals surface area contributed by atoms with Crippen LogP contribution in [-0.2, 0) is 20.3 Å². The molecule has 122 valence electrons. The lowest BCUT2D eigenvalue weighted by molar-refractivity contribution is 0.0298. The third-order valence-corrected chi connectivity index (χ3v) is 5.68. The molecular weight excluding hydrogens is 318 g/mol. The molecular formula is C15H17N3O4S. The van der Waals surface area contributed by atoms with Crippen molar-refractivity contribution in [2.45, 2.75) is 5.75 Å². The molecule has 2 aliphatic rings. The van der Waals surface area contributed by atoms with E-state index in [2.05, 4.69) is 23.4 Å². The number of amides is 1. The zero-order valence-electron chi connectivity index (χ0n) is 12.5. The first-order valence-corrected chi connectivity index (χ1v) is 8.81. The number of morpholine rings is 1. The molecule has 1 fully saturated rings. The number of rotatable bonds is 3. The van der Waals surface area contributed by atoms with Gasteiger partial charge in [-0.3, -0.25) is 9.89 Å². The highest BCUT2D eigenvalue weighted by Gasteiger charge is 2.34. The van der Waals surface area contributed by atoms with Crippen LogP contribution in [0.4, 0.5) is 0 Å². The van der Waals surface area contributed by atoms with Crippen molar-refractivity contribution in [2.24, 2.45) is 0 Å². The Kier molecular flexibility index (Phi) is 3.95. The summed E-state index contributed by atoms with van der Waals surface area (Å²) in [5.41, 5.74) is 1.43. The summed E-state index contributed by atoms with van der Waals surface area (Å²) in [7, 11) is -3.57. The van der Waals surface area contributed by atoms with E-state index in [1.165, 1.54) is 12.2 Å². The molecule has 1 saturated heterocycles. The minimum atomic E-state index is -3.57. The Morgan fingerprint density at radius 2 is 1.96 bits per heavy atom. The summed E-state index contributed by atoms with van der Waals surface area (Å²) in [6.45, 7) is 9.10. The second-order valence-electron chi connectivity index (χ2n) is 5.28. The van der Waals surface area contributed by atoms with Crippen molar-refractivity contribution in [2.75, 3.05) is 26.3 Å². The van der Waals surface area contributed by atoms with Crippen molar-refractivity contribution in [1.82, 2.24) is 15.1 Å². The number of allylic oxidation sites excluding steroid dienone is 3. The molecule has 2 aliphatic heterocycles. The van der Waals surface area contributed by atoms with Gasteiger partial charge in [0.1, 0.15) is 5.69 Å². The fraction of sp³-hybridized carbons (Fsp3) is 0.333. The normalized spacial score (nSPS) is 20.1. The molecule has 23 heavy (non-hydrogen) atoms. The van der Waals surface area contributed by atoms with E-state index in [4.69, 9.17) is 4.74 Å². The van der Waals surface area contributed by atoms with E-state index < -0.39 is 9.84 Å². The van der Waals surface area contributed by atoms with Crippen molar-refractivity contribution >= 4 is 21.3 Å². The summed E-state index contributed by atoms with van der Waals surface area (Å²) >= 11 is 0. The minimum absolute atomic E-state index is 0.0943. The van der Waals surface area contributed by atoms with Gasteiger partial charge in [-0.25, -0.2) is 8.42 Å². The number of nitrogens with one attached hydrogen (secondary N) is 1. The zero-order valence-corrected chi connectivity index (χ0v) is 13.4. The van der Waals surface area contributed by atoms with Crippen LogP contribution >= 0.6 is 0 Å². The molecule has 1 amide bonds. The van der Waals surface area contributed by atoms with Crippen molar-refractivity contribution < 1.29 is 17.9 Å². The Morgan fingerprint density at radius 3 is 2.57 bits per heavy atom. The molecule has 8 heteroatoms. The topological polar surface area (TPSA) is 92.4 Å². The van der Waals surface area contributed by atoms with Crippen molar-refractivity contribution in [3.8, 4) is 0 Å². The first-order valence-electron chi connectivity index (χ1n) is 7.16. The summed E-state index contributed by atoms with van der Waals surface area (Å²) in [6.07, 6.45) is 2.71. The van der Waals surface area contributed by atoms with E-state index in [9.17, 15) is 13.2 Å². The Bertz CT molecular complexity index is 814. The lowest BCUT2D eigenvalue weighted by Gasteiger charge is -2.27.